The largest absolute Gasteiger partial charge is 0.478 e. The third-order valence-electron chi connectivity index (χ3n) is 2.69. The molecule has 0 aliphatic carbocycles. The van der Waals surface area contributed by atoms with Gasteiger partial charge in [-0.3, -0.25) is 0 Å². The van der Waals surface area contributed by atoms with E-state index < -0.39 is 15.6 Å². The fourth-order valence-electron chi connectivity index (χ4n) is 2.03. The summed E-state index contributed by atoms with van der Waals surface area (Å²) in [6.45, 7) is 15.3. The minimum atomic E-state index is -5.05. The Labute approximate surface area is 161 Å². The molecule has 0 spiro atoms. The molecule has 0 aliphatic heterocycles. The maximum atomic E-state index is 9.63. The zero-order valence-electron chi connectivity index (χ0n) is 16.7. The van der Waals surface area contributed by atoms with Crippen LogP contribution < -0.4 is 0 Å². The Balaban J connectivity index is 0. The molecule has 0 amide bonds. The van der Waals surface area contributed by atoms with Crippen LogP contribution in [0.25, 0.3) is 0 Å². The first-order chi connectivity index (χ1) is 12.3. The summed E-state index contributed by atoms with van der Waals surface area (Å²) in [6.07, 6.45) is 7.74. The number of aromatic nitrogens is 2. The van der Waals surface area contributed by atoms with Crippen LogP contribution in [0, 0.1) is 11.8 Å². The lowest BCUT2D eigenvalue weighted by atomic mass is 10.1. The van der Waals surface area contributed by atoms with Gasteiger partial charge in [0.15, 0.2) is 0 Å². The van der Waals surface area contributed by atoms with E-state index in [0.717, 1.165) is 11.8 Å². The van der Waals surface area contributed by atoms with Gasteiger partial charge < -0.3 is 29.5 Å². The fourth-order valence-corrected chi connectivity index (χ4v) is 3.13. The highest BCUT2D eigenvalue weighted by molar-refractivity contribution is 7.60. The highest BCUT2D eigenvalue weighted by atomic mass is 31.3. The molecule has 12 heteroatoms. The lowest BCUT2D eigenvalue weighted by molar-refractivity contribution is 0.216. The molecule has 0 saturated carbocycles. The lowest BCUT2D eigenvalue weighted by Crippen LogP contribution is -2.32. The van der Waals surface area contributed by atoms with E-state index in [1.54, 1.807) is 18.7 Å². The third-order valence-corrected chi connectivity index (χ3v) is 4.40. The Morgan fingerprint density at radius 2 is 1.52 bits per heavy atom. The number of rotatable bonds is 9. The van der Waals surface area contributed by atoms with Crippen LogP contribution in [0.4, 0.5) is 0 Å². The summed E-state index contributed by atoms with van der Waals surface area (Å²) in [5, 5.41) is 0. The van der Waals surface area contributed by atoms with E-state index in [9.17, 15) is 9.13 Å². The second kappa shape index (κ2) is 15.4. The van der Waals surface area contributed by atoms with Gasteiger partial charge in [0.1, 0.15) is 0 Å². The number of H-pyrrole nitrogens is 1. The normalized spacial score (nSPS) is 11.9. The van der Waals surface area contributed by atoms with E-state index in [4.69, 9.17) is 19.6 Å². The van der Waals surface area contributed by atoms with Gasteiger partial charge in [0.25, 0.3) is 0 Å². The lowest BCUT2D eigenvalue weighted by Gasteiger charge is -2.25. The molecule has 0 aromatic carbocycles. The van der Waals surface area contributed by atoms with Crippen LogP contribution in [-0.2, 0) is 13.4 Å². The number of hydrogen-bond donors (Lipinski definition) is 5. The maximum absolute atomic E-state index is 9.63. The molecule has 1 heterocycles. The summed E-state index contributed by atoms with van der Waals surface area (Å²) >= 11 is 0. The van der Waals surface area contributed by atoms with Crippen LogP contribution in [0.3, 0.4) is 0 Å². The van der Waals surface area contributed by atoms with Crippen molar-refractivity contribution in [2.75, 3.05) is 19.6 Å². The topological polar surface area (TPSA) is 156 Å². The molecule has 162 valence electrons. The predicted octanol–water partition coefficient (Wildman–Crippen LogP) is 3.00. The highest BCUT2D eigenvalue weighted by Crippen LogP contribution is 2.53. The first-order valence-corrected chi connectivity index (χ1v) is 11.8. The summed E-state index contributed by atoms with van der Waals surface area (Å²) < 4.78 is 22.2. The monoisotopic (exact) mass is 431 g/mol. The van der Waals surface area contributed by atoms with Crippen molar-refractivity contribution in [1.82, 2.24) is 14.9 Å². The van der Waals surface area contributed by atoms with Crippen LogP contribution >= 0.6 is 15.6 Å². The first kappa shape index (κ1) is 28.6. The van der Waals surface area contributed by atoms with Crippen molar-refractivity contribution in [3.63, 3.8) is 0 Å². The molecular weight excluding hydrogens is 396 g/mol. The predicted molar refractivity (Wildman–Crippen MR) is 105 cm³/mol. The molecule has 0 bridgehead atoms. The highest BCUT2D eigenvalue weighted by Gasteiger charge is 2.27. The van der Waals surface area contributed by atoms with Crippen molar-refractivity contribution in [2.45, 2.75) is 47.5 Å². The number of nitrogens with zero attached hydrogens (tertiary/aromatic N) is 2. The standard InChI is InChI=1S/C12H27N.C3H4N2.H4O7P2/c1-6-7-8-13(9-11(2)3)10-12(4)5;1-2-5-3-4-1;1-8(2,3)7-9(4,5)6/h11-12H,6-10H2,1-5H3;1-3H,(H,4,5);(H2,1,2,3)(H2,4,5,6). The average molecular weight is 431 g/mol. The van der Waals surface area contributed by atoms with E-state index in [1.807, 2.05) is 0 Å². The Bertz CT molecular complexity index is 482. The quantitative estimate of drug-likeness (QED) is 0.371. The molecule has 0 saturated heterocycles. The minimum Gasteiger partial charge on any atom is -0.351 e. The second-order valence-electron chi connectivity index (χ2n) is 6.72. The number of hydrogen-bond acceptors (Lipinski definition) is 5. The van der Waals surface area contributed by atoms with E-state index in [1.165, 1.54) is 32.5 Å². The van der Waals surface area contributed by atoms with Gasteiger partial charge in [-0.2, -0.15) is 4.31 Å². The van der Waals surface area contributed by atoms with Crippen LogP contribution in [0.15, 0.2) is 18.7 Å². The summed E-state index contributed by atoms with van der Waals surface area (Å²) in [5.74, 6) is 1.60. The molecule has 1 aromatic heterocycles. The Morgan fingerprint density at radius 3 is 1.70 bits per heavy atom. The van der Waals surface area contributed by atoms with Gasteiger partial charge in [0.2, 0.25) is 0 Å². The van der Waals surface area contributed by atoms with Gasteiger partial charge in [0, 0.05) is 25.5 Å². The van der Waals surface area contributed by atoms with Crippen molar-refractivity contribution in [3.8, 4) is 0 Å². The molecular formula is C15H35N3O7P2. The van der Waals surface area contributed by atoms with Crippen molar-refractivity contribution < 1.29 is 33.0 Å². The van der Waals surface area contributed by atoms with E-state index in [2.05, 4.69) is 53.8 Å². The molecule has 0 unspecified atom stereocenters. The number of nitrogens with one attached hydrogen (secondary N) is 1. The van der Waals surface area contributed by atoms with Crippen LogP contribution in [-0.4, -0.2) is 54.1 Å². The molecule has 10 nitrogen and oxygen atoms in total. The molecule has 1 rings (SSSR count). The van der Waals surface area contributed by atoms with Gasteiger partial charge in [-0.05, 0) is 24.8 Å². The van der Waals surface area contributed by atoms with Gasteiger partial charge in [-0.1, -0.05) is 41.0 Å². The van der Waals surface area contributed by atoms with Crippen LogP contribution in [0.5, 0.6) is 0 Å². The van der Waals surface area contributed by atoms with Crippen molar-refractivity contribution >= 4 is 15.6 Å². The van der Waals surface area contributed by atoms with Gasteiger partial charge in [-0.25, -0.2) is 14.1 Å². The first-order valence-electron chi connectivity index (χ1n) is 8.74. The zero-order valence-corrected chi connectivity index (χ0v) is 18.5. The molecule has 5 N–H and O–H groups in total. The van der Waals surface area contributed by atoms with E-state index >= 15 is 0 Å². The van der Waals surface area contributed by atoms with Gasteiger partial charge >= 0.3 is 15.6 Å². The summed E-state index contributed by atoms with van der Waals surface area (Å²) in [7, 11) is -10.1. The van der Waals surface area contributed by atoms with Gasteiger partial charge in [-0.15, -0.1) is 0 Å². The molecule has 0 radical (unpaired) electrons. The van der Waals surface area contributed by atoms with Crippen molar-refractivity contribution in [2.24, 2.45) is 11.8 Å². The second-order valence-corrected chi connectivity index (χ2v) is 9.34. The van der Waals surface area contributed by atoms with E-state index in [0.29, 0.717) is 0 Å². The Morgan fingerprint density at radius 1 is 1.04 bits per heavy atom. The van der Waals surface area contributed by atoms with Crippen molar-refractivity contribution in [3.05, 3.63) is 18.7 Å². The summed E-state index contributed by atoms with van der Waals surface area (Å²) in [4.78, 5) is 40.0. The smallest absolute Gasteiger partial charge is 0.351 e. The van der Waals surface area contributed by atoms with E-state index in [-0.39, 0.29) is 0 Å². The zero-order chi connectivity index (χ0) is 21.5. The molecule has 0 atom stereocenters. The van der Waals surface area contributed by atoms with Crippen LogP contribution in [0.1, 0.15) is 47.5 Å². The maximum Gasteiger partial charge on any atom is 0.478 e. The average Bonchev–Trinajstić information content (AvgIpc) is 2.99. The van der Waals surface area contributed by atoms with Crippen LogP contribution in [0.2, 0.25) is 0 Å². The molecule has 27 heavy (non-hydrogen) atoms. The van der Waals surface area contributed by atoms with Crippen molar-refractivity contribution in [1.29, 1.82) is 0 Å². The summed E-state index contributed by atoms with van der Waals surface area (Å²) in [5.41, 5.74) is 0. The third kappa shape index (κ3) is 27.7. The number of aromatic amines is 1. The molecule has 1 aromatic rings. The number of unbranched alkanes of at least 4 members (excludes halogenated alkanes) is 1. The minimum absolute atomic E-state index is 0.801. The summed E-state index contributed by atoms with van der Waals surface area (Å²) in [6, 6.07) is 0. The van der Waals surface area contributed by atoms with Gasteiger partial charge in [0.05, 0.1) is 6.33 Å². The molecule has 0 fully saturated rings. The number of phosphoric acid groups is 2. The Hall–Kier alpha value is -0.570. The molecule has 0 aliphatic rings. The fraction of sp³-hybridized carbons (Fsp3) is 0.800. The SMILES string of the molecule is CCCCN(CC(C)C)CC(C)C.O=P(O)(O)OP(=O)(O)O.c1c[nH]cn1. The Kier molecular flexibility index (Phi) is 16.3. The number of imidazole rings is 1.